The highest BCUT2D eigenvalue weighted by Crippen LogP contribution is 2.49. The second-order valence-electron chi connectivity index (χ2n) is 6.52. The second kappa shape index (κ2) is 5.89. The Morgan fingerprint density at radius 2 is 1.04 bits per heavy atom. The minimum atomic E-state index is -0.277. The van der Waals surface area contributed by atoms with E-state index in [9.17, 15) is 0 Å². The number of methoxy groups -OCH3 is 2. The van der Waals surface area contributed by atoms with Gasteiger partial charge < -0.3 is 14.2 Å². The number of ether oxygens (including phenoxy) is 3. The predicted octanol–water partition coefficient (Wildman–Crippen LogP) is 4.64. The fourth-order valence-corrected chi connectivity index (χ4v) is 3.37. The molecule has 2 atom stereocenters. The molecule has 1 saturated heterocycles. The van der Waals surface area contributed by atoms with Crippen LogP contribution >= 0.6 is 0 Å². The summed E-state index contributed by atoms with van der Waals surface area (Å²) in [5.41, 5.74) is 1.83. The average Bonchev–Trinajstić information content (AvgIpc) is 2.93. The maximum absolute atomic E-state index is 6.57. The summed E-state index contributed by atoms with van der Waals surface area (Å²) in [4.78, 5) is 0. The van der Waals surface area contributed by atoms with Crippen molar-refractivity contribution in [3.05, 3.63) is 59.7 Å². The first-order chi connectivity index (χ1) is 11.0. The molecule has 2 aromatic rings. The fourth-order valence-electron chi connectivity index (χ4n) is 3.37. The van der Waals surface area contributed by atoms with E-state index < -0.39 is 0 Å². The molecular formula is C20H24O3. The summed E-state index contributed by atoms with van der Waals surface area (Å²) in [7, 11) is 3.37. The normalized spacial score (nSPS) is 27.0. The number of hydrogen-bond donors (Lipinski definition) is 0. The first-order valence-corrected chi connectivity index (χ1v) is 7.98. The van der Waals surface area contributed by atoms with E-state index in [1.165, 1.54) is 11.1 Å². The smallest absolute Gasteiger partial charge is 0.118 e. The van der Waals surface area contributed by atoms with Crippen LogP contribution in [0.25, 0.3) is 0 Å². The van der Waals surface area contributed by atoms with Crippen LogP contribution in [0.15, 0.2) is 48.5 Å². The minimum absolute atomic E-state index is 0.277. The Balaban J connectivity index is 1.84. The lowest BCUT2D eigenvalue weighted by atomic mass is 9.89. The van der Waals surface area contributed by atoms with Crippen LogP contribution in [0.2, 0.25) is 0 Å². The molecule has 0 saturated carbocycles. The fraction of sp³-hybridized carbons (Fsp3) is 0.400. The first-order valence-electron chi connectivity index (χ1n) is 7.98. The molecular weight excluding hydrogens is 288 g/mol. The molecule has 2 aromatic carbocycles. The van der Waals surface area contributed by atoms with E-state index >= 15 is 0 Å². The van der Waals surface area contributed by atoms with Gasteiger partial charge >= 0.3 is 0 Å². The van der Waals surface area contributed by atoms with E-state index in [0.29, 0.717) is 0 Å². The molecule has 0 aromatic heterocycles. The number of hydrogen-bond acceptors (Lipinski definition) is 3. The van der Waals surface area contributed by atoms with Gasteiger partial charge in [-0.25, -0.2) is 0 Å². The van der Waals surface area contributed by atoms with E-state index in [-0.39, 0.29) is 11.2 Å². The van der Waals surface area contributed by atoms with Gasteiger partial charge in [-0.3, -0.25) is 0 Å². The Morgan fingerprint density at radius 1 is 0.696 bits per heavy atom. The van der Waals surface area contributed by atoms with E-state index in [2.05, 4.69) is 38.1 Å². The van der Waals surface area contributed by atoms with Crippen molar-refractivity contribution in [3.8, 4) is 11.5 Å². The summed E-state index contributed by atoms with van der Waals surface area (Å²) in [6.45, 7) is 4.34. The zero-order valence-corrected chi connectivity index (χ0v) is 14.3. The Morgan fingerprint density at radius 3 is 1.35 bits per heavy atom. The van der Waals surface area contributed by atoms with Crippen molar-refractivity contribution >= 4 is 0 Å². The standard InChI is InChI=1S/C20H24O3/c1-19(15-5-9-17(21-3)10-6-15)13-14-20(2,23-19)16-7-11-18(22-4)12-8-16/h5-12H,13-14H2,1-4H3/t19-,20-/m1/s1. The summed E-state index contributed by atoms with van der Waals surface area (Å²) < 4.78 is 17.1. The Labute approximate surface area is 138 Å². The number of rotatable bonds is 4. The van der Waals surface area contributed by atoms with Gasteiger partial charge in [0.25, 0.3) is 0 Å². The van der Waals surface area contributed by atoms with Crippen LogP contribution in [-0.2, 0) is 15.9 Å². The van der Waals surface area contributed by atoms with E-state index in [1.54, 1.807) is 14.2 Å². The molecule has 23 heavy (non-hydrogen) atoms. The maximum atomic E-state index is 6.57. The van der Waals surface area contributed by atoms with Gasteiger partial charge in [0.15, 0.2) is 0 Å². The lowest BCUT2D eigenvalue weighted by Gasteiger charge is -2.31. The topological polar surface area (TPSA) is 27.7 Å². The van der Waals surface area contributed by atoms with E-state index in [1.807, 2.05) is 24.3 Å². The van der Waals surface area contributed by atoms with Crippen LogP contribution in [0.3, 0.4) is 0 Å². The Bertz CT molecular complexity index is 603. The van der Waals surface area contributed by atoms with Crippen molar-refractivity contribution in [2.24, 2.45) is 0 Å². The quantitative estimate of drug-likeness (QED) is 0.823. The largest absolute Gasteiger partial charge is 0.497 e. The van der Waals surface area contributed by atoms with Crippen LogP contribution in [0, 0.1) is 0 Å². The molecule has 1 aliphatic heterocycles. The van der Waals surface area contributed by atoms with Crippen molar-refractivity contribution in [1.82, 2.24) is 0 Å². The third-order valence-corrected chi connectivity index (χ3v) is 4.93. The molecule has 0 spiro atoms. The van der Waals surface area contributed by atoms with Gasteiger partial charge in [0.1, 0.15) is 11.5 Å². The Hall–Kier alpha value is -2.00. The molecule has 122 valence electrons. The predicted molar refractivity (Wildman–Crippen MR) is 91.0 cm³/mol. The van der Waals surface area contributed by atoms with Gasteiger partial charge in [-0.05, 0) is 62.1 Å². The molecule has 1 fully saturated rings. The van der Waals surface area contributed by atoms with Gasteiger partial charge in [-0.15, -0.1) is 0 Å². The molecule has 0 radical (unpaired) electrons. The van der Waals surface area contributed by atoms with Gasteiger partial charge in [-0.1, -0.05) is 24.3 Å². The molecule has 3 nitrogen and oxygen atoms in total. The zero-order valence-electron chi connectivity index (χ0n) is 14.3. The Kier molecular flexibility index (Phi) is 4.07. The molecule has 0 bridgehead atoms. The SMILES string of the molecule is COc1ccc([C@@]2(C)CC[C@](C)(c3ccc(OC)cc3)O2)cc1. The lowest BCUT2D eigenvalue weighted by Crippen LogP contribution is -2.27. The summed E-state index contributed by atoms with van der Waals surface area (Å²) in [5, 5.41) is 0. The van der Waals surface area contributed by atoms with Gasteiger partial charge in [-0.2, -0.15) is 0 Å². The molecule has 1 heterocycles. The summed E-state index contributed by atoms with van der Waals surface area (Å²) in [6, 6.07) is 16.4. The van der Waals surface area contributed by atoms with Gasteiger partial charge in [0, 0.05) is 0 Å². The van der Waals surface area contributed by atoms with Crippen molar-refractivity contribution in [1.29, 1.82) is 0 Å². The molecule has 3 rings (SSSR count). The first kappa shape index (κ1) is 15.9. The third kappa shape index (κ3) is 2.93. The zero-order chi connectivity index (χ0) is 16.5. The maximum Gasteiger partial charge on any atom is 0.118 e. The highest BCUT2D eigenvalue weighted by atomic mass is 16.5. The van der Waals surface area contributed by atoms with Gasteiger partial charge in [0.05, 0.1) is 25.4 Å². The molecule has 1 aliphatic rings. The molecule has 0 unspecified atom stereocenters. The van der Waals surface area contributed by atoms with Crippen molar-refractivity contribution < 1.29 is 14.2 Å². The third-order valence-electron chi connectivity index (χ3n) is 4.93. The summed E-state index contributed by atoms with van der Waals surface area (Å²) in [6.07, 6.45) is 1.98. The van der Waals surface area contributed by atoms with Crippen molar-refractivity contribution in [2.45, 2.75) is 37.9 Å². The lowest BCUT2D eigenvalue weighted by molar-refractivity contribution is -0.0938. The summed E-state index contributed by atoms with van der Waals surface area (Å²) in [5.74, 6) is 1.74. The highest BCUT2D eigenvalue weighted by Gasteiger charge is 2.45. The van der Waals surface area contributed by atoms with E-state index in [4.69, 9.17) is 14.2 Å². The molecule has 0 amide bonds. The van der Waals surface area contributed by atoms with Crippen LogP contribution in [-0.4, -0.2) is 14.2 Å². The molecule has 0 aliphatic carbocycles. The van der Waals surface area contributed by atoms with E-state index in [0.717, 1.165) is 24.3 Å². The van der Waals surface area contributed by atoms with Crippen LogP contribution in [0.5, 0.6) is 11.5 Å². The van der Waals surface area contributed by atoms with Crippen molar-refractivity contribution in [3.63, 3.8) is 0 Å². The van der Waals surface area contributed by atoms with Crippen LogP contribution in [0.4, 0.5) is 0 Å². The molecule has 3 heteroatoms. The average molecular weight is 312 g/mol. The highest BCUT2D eigenvalue weighted by molar-refractivity contribution is 5.34. The second-order valence-corrected chi connectivity index (χ2v) is 6.52. The van der Waals surface area contributed by atoms with Gasteiger partial charge in [0.2, 0.25) is 0 Å². The number of benzene rings is 2. The van der Waals surface area contributed by atoms with Crippen LogP contribution in [0.1, 0.15) is 37.8 Å². The summed E-state index contributed by atoms with van der Waals surface area (Å²) >= 11 is 0. The molecule has 0 N–H and O–H groups in total. The minimum Gasteiger partial charge on any atom is -0.497 e. The van der Waals surface area contributed by atoms with Crippen molar-refractivity contribution in [2.75, 3.05) is 14.2 Å². The van der Waals surface area contributed by atoms with Crippen LogP contribution < -0.4 is 9.47 Å². The monoisotopic (exact) mass is 312 g/mol.